The highest BCUT2D eigenvalue weighted by Crippen LogP contribution is 2.42. The fraction of sp³-hybridized carbons (Fsp3) is 0.368. The van der Waals surface area contributed by atoms with Crippen molar-refractivity contribution in [2.45, 2.75) is 25.9 Å². The van der Waals surface area contributed by atoms with Gasteiger partial charge in [0.15, 0.2) is 17.3 Å². The van der Waals surface area contributed by atoms with Crippen LogP contribution in [0.1, 0.15) is 36.3 Å². The number of aliphatic hydroxyl groups is 1. The Morgan fingerprint density at radius 2 is 1.71 bits per heavy atom. The summed E-state index contributed by atoms with van der Waals surface area (Å²) >= 11 is 0. The number of methoxy groups -OCH3 is 2. The number of carbonyl (C=O) groups excluding carboxylic acids is 1. The molecular weight excluding hydrogens is 372 g/mol. The van der Waals surface area contributed by atoms with E-state index in [0.717, 1.165) is 6.07 Å². The van der Waals surface area contributed by atoms with Crippen LogP contribution in [0, 0.1) is 0 Å². The number of aromatic hydroxyl groups is 2. The number of carbonyl (C=O) groups is 1. The first-order valence-electron chi connectivity index (χ1n) is 8.43. The van der Waals surface area contributed by atoms with E-state index in [-0.39, 0.29) is 41.8 Å². The van der Waals surface area contributed by atoms with Crippen LogP contribution in [-0.4, -0.2) is 42.1 Å². The summed E-state index contributed by atoms with van der Waals surface area (Å²) in [5.74, 6) is -2.71. The Morgan fingerprint density at radius 1 is 1.11 bits per heavy atom. The molecule has 1 aromatic carbocycles. The van der Waals surface area contributed by atoms with Crippen molar-refractivity contribution in [1.29, 1.82) is 0 Å². The quantitative estimate of drug-likeness (QED) is 0.571. The summed E-state index contributed by atoms with van der Waals surface area (Å²) in [5, 5.41) is 29.7. The fourth-order valence-corrected chi connectivity index (χ4v) is 2.73. The van der Waals surface area contributed by atoms with Crippen molar-refractivity contribution < 1.29 is 38.7 Å². The third-order valence-corrected chi connectivity index (χ3v) is 4.05. The van der Waals surface area contributed by atoms with Crippen LogP contribution in [-0.2, 0) is 16.1 Å². The minimum Gasteiger partial charge on any atom is -0.502 e. The SMILES string of the molecule is CCOC(=O)C[C@H](c1cc(OC)c(O)c(OC)c1)c1oc(CO)cc(=O)c1O. The second-order valence-corrected chi connectivity index (χ2v) is 5.78. The van der Waals surface area contributed by atoms with Gasteiger partial charge in [-0.2, -0.15) is 0 Å². The van der Waals surface area contributed by atoms with Gasteiger partial charge in [-0.15, -0.1) is 0 Å². The molecule has 0 saturated carbocycles. The van der Waals surface area contributed by atoms with Crippen LogP contribution < -0.4 is 14.9 Å². The van der Waals surface area contributed by atoms with Crippen molar-refractivity contribution in [2.75, 3.05) is 20.8 Å². The normalized spacial score (nSPS) is 11.7. The Morgan fingerprint density at radius 3 is 2.21 bits per heavy atom. The van der Waals surface area contributed by atoms with Gasteiger partial charge in [0, 0.05) is 6.07 Å². The van der Waals surface area contributed by atoms with E-state index in [1.54, 1.807) is 6.92 Å². The predicted molar refractivity (Wildman–Crippen MR) is 96.9 cm³/mol. The van der Waals surface area contributed by atoms with Gasteiger partial charge in [-0.25, -0.2) is 0 Å². The van der Waals surface area contributed by atoms with Crippen LogP contribution in [0.25, 0.3) is 0 Å². The topological polar surface area (TPSA) is 136 Å². The molecule has 1 aromatic heterocycles. The van der Waals surface area contributed by atoms with Gasteiger partial charge in [0.25, 0.3) is 0 Å². The summed E-state index contributed by atoms with van der Waals surface area (Å²) in [4.78, 5) is 24.2. The van der Waals surface area contributed by atoms with Crippen molar-refractivity contribution in [2.24, 2.45) is 0 Å². The molecule has 0 aliphatic carbocycles. The average Bonchev–Trinajstić information content (AvgIpc) is 2.68. The second-order valence-electron chi connectivity index (χ2n) is 5.78. The second kappa shape index (κ2) is 9.14. The van der Waals surface area contributed by atoms with Crippen molar-refractivity contribution in [3.05, 3.63) is 45.5 Å². The van der Waals surface area contributed by atoms with Crippen molar-refractivity contribution in [3.8, 4) is 23.0 Å². The molecule has 0 amide bonds. The van der Waals surface area contributed by atoms with Crippen LogP contribution in [0.3, 0.4) is 0 Å². The Bertz CT molecular complexity index is 876. The number of hydrogen-bond donors (Lipinski definition) is 3. The van der Waals surface area contributed by atoms with Gasteiger partial charge in [-0.1, -0.05) is 0 Å². The van der Waals surface area contributed by atoms with E-state index >= 15 is 0 Å². The number of rotatable bonds is 8. The highest BCUT2D eigenvalue weighted by Gasteiger charge is 2.28. The minimum atomic E-state index is -0.971. The summed E-state index contributed by atoms with van der Waals surface area (Å²) in [7, 11) is 2.67. The first kappa shape index (κ1) is 21.1. The lowest BCUT2D eigenvalue weighted by Crippen LogP contribution is -2.15. The molecule has 152 valence electrons. The Kier molecular flexibility index (Phi) is 6.89. The van der Waals surface area contributed by atoms with Gasteiger partial charge >= 0.3 is 5.97 Å². The Hall–Kier alpha value is -3.20. The molecule has 1 heterocycles. The molecule has 9 nitrogen and oxygen atoms in total. The highest BCUT2D eigenvalue weighted by molar-refractivity contribution is 5.72. The largest absolute Gasteiger partial charge is 0.502 e. The smallest absolute Gasteiger partial charge is 0.306 e. The number of aliphatic hydroxyl groups excluding tert-OH is 1. The minimum absolute atomic E-state index is 0.0587. The summed E-state index contributed by atoms with van der Waals surface area (Å²) in [6, 6.07) is 3.80. The molecule has 2 aromatic rings. The molecular formula is C19H22O9. The average molecular weight is 394 g/mol. The van der Waals surface area contributed by atoms with Crippen molar-refractivity contribution in [1.82, 2.24) is 0 Å². The van der Waals surface area contributed by atoms with E-state index in [9.17, 15) is 24.9 Å². The van der Waals surface area contributed by atoms with Gasteiger partial charge in [0.2, 0.25) is 16.9 Å². The molecule has 0 saturated heterocycles. The number of esters is 1. The molecule has 9 heteroatoms. The Balaban J connectivity index is 2.69. The molecule has 0 aliphatic heterocycles. The van der Waals surface area contributed by atoms with Crippen LogP contribution in [0.4, 0.5) is 0 Å². The van der Waals surface area contributed by atoms with Crippen molar-refractivity contribution in [3.63, 3.8) is 0 Å². The van der Waals surface area contributed by atoms with E-state index in [0.29, 0.717) is 5.56 Å². The molecule has 0 unspecified atom stereocenters. The zero-order valence-corrected chi connectivity index (χ0v) is 15.7. The zero-order chi connectivity index (χ0) is 20.8. The first-order valence-corrected chi connectivity index (χ1v) is 8.43. The molecule has 3 N–H and O–H groups in total. The molecule has 28 heavy (non-hydrogen) atoms. The third kappa shape index (κ3) is 4.37. The highest BCUT2D eigenvalue weighted by atomic mass is 16.5. The van der Waals surface area contributed by atoms with E-state index in [1.165, 1.54) is 26.4 Å². The maximum absolute atomic E-state index is 12.1. The van der Waals surface area contributed by atoms with E-state index in [4.69, 9.17) is 18.6 Å². The maximum atomic E-state index is 12.1. The van der Waals surface area contributed by atoms with Gasteiger partial charge in [-0.3, -0.25) is 9.59 Å². The zero-order valence-electron chi connectivity index (χ0n) is 15.7. The Labute approximate surface area is 160 Å². The monoisotopic (exact) mass is 394 g/mol. The van der Waals surface area contributed by atoms with Crippen LogP contribution in [0.2, 0.25) is 0 Å². The van der Waals surface area contributed by atoms with Crippen LogP contribution in [0.15, 0.2) is 27.4 Å². The van der Waals surface area contributed by atoms with Gasteiger partial charge in [-0.05, 0) is 24.6 Å². The first-order chi connectivity index (χ1) is 13.4. The maximum Gasteiger partial charge on any atom is 0.306 e. The summed E-state index contributed by atoms with van der Waals surface area (Å²) in [6.07, 6.45) is -0.281. The number of phenolic OH excluding ortho intramolecular Hbond substituents is 1. The lowest BCUT2D eigenvalue weighted by Gasteiger charge is -2.19. The molecule has 0 aliphatic rings. The number of hydrogen-bond acceptors (Lipinski definition) is 9. The van der Waals surface area contributed by atoms with E-state index < -0.39 is 29.7 Å². The number of phenols is 1. The molecule has 1 atom stereocenters. The molecule has 0 spiro atoms. The lowest BCUT2D eigenvalue weighted by atomic mass is 9.91. The van der Waals surface area contributed by atoms with Gasteiger partial charge in [0.05, 0.1) is 33.2 Å². The molecule has 0 radical (unpaired) electrons. The summed E-state index contributed by atoms with van der Waals surface area (Å²) in [6.45, 7) is 1.21. The number of ether oxygens (including phenoxy) is 3. The predicted octanol–water partition coefficient (Wildman–Crippen LogP) is 1.65. The van der Waals surface area contributed by atoms with Gasteiger partial charge in [0.1, 0.15) is 12.4 Å². The fourth-order valence-electron chi connectivity index (χ4n) is 2.73. The van der Waals surface area contributed by atoms with E-state index in [2.05, 4.69) is 0 Å². The molecule has 0 bridgehead atoms. The summed E-state index contributed by atoms with van der Waals surface area (Å²) < 4.78 is 20.7. The lowest BCUT2D eigenvalue weighted by molar-refractivity contribution is -0.143. The molecule has 2 rings (SSSR count). The number of benzene rings is 1. The third-order valence-electron chi connectivity index (χ3n) is 4.05. The molecule has 0 fully saturated rings. The van der Waals surface area contributed by atoms with Crippen LogP contribution in [0.5, 0.6) is 23.0 Å². The van der Waals surface area contributed by atoms with Crippen molar-refractivity contribution >= 4 is 5.97 Å². The van der Waals surface area contributed by atoms with Crippen LogP contribution >= 0.6 is 0 Å². The summed E-state index contributed by atoms with van der Waals surface area (Å²) in [5.41, 5.74) is -0.412. The standard InChI is InChI=1S/C19H22O9/c1-4-27-16(22)8-12(19-17(23)13(21)7-11(9-20)28-19)10-5-14(25-2)18(24)15(6-10)26-3/h5-7,12,20,23-24H,4,8-9H2,1-3H3/t12-/m1/s1. The van der Waals surface area contributed by atoms with Gasteiger partial charge < -0.3 is 33.9 Å². The van der Waals surface area contributed by atoms with E-state index in [1.807, 2.05) is 0 Å².